The van der Waals surface area contributed by atoms with E-state index in [4.69, 9.17) is 5.11 Å². The van der Waals surface area contributed by atoms with Gasteiger partial charge in [0.1, 0.15) is 18.0 Å². The maximum Gasteiger partial charge on any atom is 0.133 e. The summed E-state index contributed by atoms with van der Waals surface area (Å²) in [5.41, 5.74) is -1.54. The number of aldehydes is 1. The Kier molecular flexibility index (Phi) is 3.57. The van der Waals surface area contributed by atoms with E-state index in [1.54, 1.807) is 0 Å². The van der Waals surface area contributed by atoms with Crippen molar-refractivity contribution in [3.8, 4) is 0 Å². The zero-order valence-corrected chi connectivity index (χ0v) is 7.63. The van der Waals surface area contributed by atoms with Gasteiger partial charge in [0.2, 0.25) is 0 Å². The quantitative estimate of drug-likeness (QED) is 0.239. The molecule has 1 aliphatic carbocycles. The molecular formula is C8H15NO5. The first-order valence-electron chi connectivity index (χ1n) is 4.41. The van der Waals surface area contributed by atoms with Crippen molar-refractivity contribution in [2.24, 2.45) is 5.92 Å². The molecule has 0 amide bonds. The number of carbonyl (C=O) groups is 1. The van der Waals surface area contributed by atoms with Crippen LogP contribution >= 0.6 is 0 Å². The molecule has 4 unspecified atom stereocenters. The fourth-order valence-corrected chi connectivity index (χ4v) is 1.75. The molecule has 82 valence electrons. The van der Waals surface area contributed by atoms with Crippen LogP contribution < -0.4 is 5.32 Å². The summed E-state index contributed by atoms with van der Waals surface area (Å²) in [5, 5.41) is 39.7. The van der Waals surface area contributed by atoms with E-state index in [9.17, 15) is 20.1 Å². The number of aliphatic hydroxyl groups excluding tert-OH is 3. The van der Waals surface area contributed by atoms with Gasteiger partial charge in [0.15, 0.2) is 0 Å². The smallest absolute Gasteiger partial charge is 0.133 e. The summed E-state index contributed by atoms with van der Waals surface area (Å²) in [6, 6.07) is 0. The standard InChI is InChI=1S/C8H15NO5/c10-2-1-9-4-8(14)5(3-11)6(12)7(8)13/h2,5-7,9,11-14H,1,3-4H2. The van der Waals surface area contributed by atoms with Crippen molar-refractivity contribution in [2.45, 2.75) is 17.8 Å². The van der Waals surface area contributed by atoms with Crippen molar-refractivity contribution in [3.63, 3.8) is 0 Å². The van der Waals surface area contributed by atoms with Crippen LogP contribution in [-0.4, -0.2) is 64.2 Å². The first kappa shape index (κ1) is 11.5. The summed E-state index contributed by atoms with van der Waals surface area (Å²) < 4.78 is 0. The monoisotopic (exact) mass is 205 g/mol. The van der Waals surface area contributed by atoms with Crippen LogP contribution in [0.15, 0.2) is 0 Å². The summed E-state index contributed by atoms with van der Waals surface area (Å²) in [6.07, 6.45) is -1.76. The summed E-state index contributed by atoms with van der Waals surface area (Å²) in [7, 11) is 0. The van der Waals surface area contributed by atoms with Crippen LogP contribution in [0.25, 0.3) is 0 Å². The van der Waals surface area contributed by atoms with E-state index in [1.165, 1.54) is 0 Å². The maximum absolute atomic E-state index is 9.99. The molecule has 0 spiro atoms. The minimum absolute atomic E-state index is 0.0325. The predicted octanol–water partition coefficient (Wildman–Crippen LogP) is -3.15. The Balaban J connectivity index is 2.50. The van der Waals surface area contributed by atoms with Gasteiger partial charge in [-0.05, 0) is 0 Å². The highest BCUT2D eigenvalue weighted by molar-refractivity contribution is 5.51. The minimum atomic E-state index is -1.54. The Bertz CT molecular complexity index is 212. The van der Waals surface area contributed by atoms with Crippen LogP contribution in [0.1, 0.15) is 0 Å². The molecule has 14 heavy (non-hydrogen) atoms. The first-order valence-corrected chi connectivity index (χ1v) is 4.41. The van der Waals surface area contributed by atoms with E-state index in [0.29, 0.717) is 6.29 Å². The van der Waals surface area contributed by atoms with Crippen molar-refractivity contribution in [1.82, 2.24) is 5.32 Å². The molecule has 5 N–H and O–H groups in total. The van der Waals surface area contributed by atoms with Gasteiger partial charge in [0, 0.05) is 12.5 Å². The average Bonchev–Trinajstić information content (AvgIpc) is 2.18. The van der Waals surface area contributed by atoms with Crippen LogP contribution in [0.4, 0.5) is 0 Å². The maximum atomic E-state index is 9.99. The highest BCUT2D eigenvalue weighted by Crippen LogP contribution is 2.38. The number of rotatable bonds is 5. The largest absolute Gasteiger partial charge is 0.396 e. The van der Waals surface area contributed by atoms with Crippen molar-refractivity contribution in [3.05, 3.63) is 0 Å². The Morgan fingerprint density at radius 1 is 1.43 bits per heavy atom. The summed E-state index contributed by atoms with van der Waals surface area (Å²) >= 11 is 0. The third kappa shape index (κ3) is 1.67. The SMILES string of the molecule is O=CCNCC1(O)C(O)C(O)C1CO. The fourth-order valence-electron chi connectivity index (χ4n) is 1.75. The van der Waals surface area contributed by atoms with E-state index in [2.05, 4.69) is 5.32 Å². The number of aliphatic hydroxyl groups is 4. The van der Waals surface area contributed by atoms with E-state index >= 15 is 0 Å². The third-order valence-electron chi connectivity index (χ3n) is 2.72. The fraction of sp³-hybridized carbons (Fsp3) is 0.875. The molecule has 0 radical (unpaired) electrons. The molecule has 1 fully saturated rings. The molecule has 0 saturated heterocycles. The molecule has 1 saturated carbocycles. The lowest BCUT2D eigenvalue weighted by Gasteiger charge is -2.52. The molecule has 0 bridgehead atoms. The first-order chi connectivity index (χ1) is 6.57. The van der Waals surface area contributed by atoms with Crippen LogP contribution in [0.5, 0.6) is 0 Å². The van der Waals surface area contributed by atoms with Gasteiger partial charge in [0.05, 0.1) is 19.3 Å². The van der Waals surface area contributed by atoms with E-state index in [0.717, 1.165) is 0 Å². The van der Waals surface area contributed by atoms with Gasteiger partial charge >= 0.3 is 0 Å². The second-order valence-corrected chi connectivity index (χ2v) is 3.51. The molecule has 0 aromatic rings. The van der Waals surface area contributed by atoms with Gasteiger partial charge in [0.25, 0.3) is 0 Å². The zero-order chi connectivity index (χ0) is 10.8. The molecule has 1 rings (SSSR count). The van der Waals surface area contributed by atoms with Crippen LogP contribution in [0.2, 0.25) is 0 Å². The van der Waals surface area contributed by atoms with Gasteiger partial charge in [-0.2, -0.15) is 0 Å². The Morgan fingerprint density at radius 2 is 2.07 bits per heavy atom. The van der Waals surface area contributed by atoms with Crippen molar-refractivity contribution in [2.75, 3.05) is 19.7 Å². The molecule has 0 heterocycles. The van der Waals surface area contributed by atoms with Crippen LogP contribution in [0.3, 0.4) is 0 Å². The summed E-state index contributed by atoms with van der Waals surface area (Å²) in [6.45, 7) is -0.379. The third-order valence-corrected chi connectivity index (χ3v) is 2.72. The van der Waals surface area contributed by atoms with Gasteiger partial charge < -0.3 is 30.5 Å². The van der Waals surface area contributed by atoms with Crippen LogP contribution in [0, 0.1) is 5.92 Å². The Morgan fingerprint density at radius 3 is 2.57 bits per heavy atom. The van der Waals surface area contributed by atoms with Crippen molar-refractivity contribution < 1.29 is 25.2 Å². The highest BCUT2D eigenvalue weighted by atomic mass is 16.4. The van der Waals surface area contributed by atoms with Crippen LogP contribution in [-0.2, 0) is 4.79 Å². The molecule has 6 nitrogen and oxygen atoms in total. The summed E-state index contributed by atoms with van der Waals surface area (Å²) in [4.78, 5) is 9.99. The topological polar surface area (TPSA) is 110 Å². The second kappa shape index (κ2) is 4.33. The Labute approximate surface area is 81.2 Å². The Hall–Kier alpha value is -0.530. The normalized spacial score (nSPS) is 41.9. The molecule has 6 heteroatoms. The molecule has 0 aromatic carbocycles. The minimum Gasteiger partial charge on any atom is -0.396 e. The molecular weight excluding hydrogens is 190 g/mol. The summed E-state index contributed by atoms with van der Waals surface area (Å²) in [5.74, 6) is -0.767. The second-order valence-electron chi connectivity index (χ2n) is 3.51. The molecule has 0 aromatic heterocycles. The highest BCUT2D eigenvalue weighted by Gasteiger charge is 2.60. The molecule has 1 aliphatic rings. The number of hydrogen-bond acceptors (Lipinski definition) is 6. The van der Waals surface area contributed by atoms with Gasteiger partial charge in [-0.3, -0.25) is 0 Å². The lowest BCUT2D eigenvalue weighted by Crippen LogP contribution is -2.74. The van der Waals surface area contributed by atoms with Crippen molar-refractivity contribution >= 4 is 6.29 Å². The van der Waals surface area contributed by atoms with E-state index < -0.39 is 30.3 Å². The molecule has 0 aliphatic heterocycles. The number of carbonyl (C=O) groups excluding carboxylic acids is 1. The number of hydrogen-bond donors (Lipinski definition) is 5. The number of nitrogens with one attached hydrogen (secondary N) is 1. The zero-order valence-electron chi connectivity index (χ0n) is 7.63. The van der Waals surface area contributed by atoms with Gasteiger partial charge in [-0.1, -0.05) is 0 Å². The van der Waals surface area contributed by atoms with Gasteiger partial charge in [-0.15, -0.1) is 0 Å². The lowest BCUT2D eigenvalue weighted by atomic mass is 9.64. The van der Waals surface area contributed by atoms with E-state index in [-0.39, 0.29) is 13.1 Å². The predicted molar refractivity (Wildman–Crippen MR) is 46.5 cm³/mol. The average molecular weight is 205 g/mol. The lowest BCUT2D eigenvalue weighted by molar-refractivity contribution is -0.265. The molecule has 4 atom stereocenters. The van der Waals surface area contributed by atoms with Gasteiger partial charge in [-0.25, -0.2) is 0 Å². The van der Waals surface area contributed by atoms with Crippen molar-refractivity contribution in [1.29, 1.82) is 0 Å². The van der Waals surface area contributed by atoms with E-state index in [1.807, 2.05) is 0 Å².